The Bertz CT molecular complexity index is 533. The maximum Gasteiger partial charge on any atom is 0.264 e. The summed E-state index contributed by atoms with van der Waals surface area (Å²) in [5.74, 6) is 0.151. The summed E-state index contributed by atoms with van der Waals surface area (Å²) in [6, 6.07) is 12.2. The van der Waals surface area contributed by atoms with Crippen molar-refractivity contribution in [1.29, 1.82) is 0 Å². The molecule has 0 aliphatic heterocycles. The van der Waals surface area contributed by atoms with Crippen molar-refractivity contribution in [3.63, 3.8) is 0 Å². The van der Waals surface area contributed by atoms with Gasteiger partial charge in [0.1, 0.15) is 0 Å². The zero-order valence-corrected chi connectivity index (χ0v) is 12.2. The predicted molar refractivity (Wildman–Crippen MR) is 80.5 cm³/mol. The van der Waals surface area contributed by atoms with E-state index < -0.39 is 0 Å². The number of carbonyl (C=O) groups excluding carboxylic acids is 1. The number of benzene rings is 1. The maximum atomic E-state index is 12.6. The van der Waals surface area contributed by atoms with Crippen LogP contribution in [0.1, 0.15) is 34.1 Å². The molecule has 1 aromatic carbocycles. The lowest BCUT2D eigenvalue weighted by molar-refractivity contribution is 0.0747. The largest absolute Gasteiger partial charge is 0.334 e. The minimum atomic E-state index is 0.151. The van der Waals surface area contributed by atoms with E-state index in [9.17, 15) is 4.79 Å². The molecule has 2 rings (SSSR count). The normalized spacial score (nSPS) is 10.4. The molecule has 0 N–H and O–H groups in total. The Hall–Kier alpha value is -1.61. The molecule has 0 unspecified atom stereocenters. The molecule has 0 aliphatic rings. The number of rotatable bonds is 5. The summed E-state index contributed by atoms with van der Waals surface area (Å²) >= 11 is 1.53. The highest BCUT2D eigenvalue weighted by Crippen LogP contribution is 2.19. The Balaban J connectivity index is 2.16. The third-order valence-corrected chi connectivity index (χ3v) is 4.06. The lowest BCUT2D eigenvalue weighted by Crippen LogP contribution is -2.31. The van der Waals surface area contributed by atoms with Gasteiger partial charge in [0.05, 0.1) is 4.88 Å². The van der Waals surface area contributed by atoms with Gasteiger partial charge in [0, 0.05) is 13.1 Å². The van der Waals surface area contributed by atoms with Crippen molar-refractivity contribution in [2.24, 2.45) is 0 Å². The predicted octanol–water partition coefficient (Wildman–Crippen LogP) is 4.11. The van der Waals surface area contributed by atoms with Gasteiger partial charge in [-0.15, -0.1) is 11.3 Å². The van der Waals surface area contributed by atoms with Crippen LogP contribution in [0.3, 0.4) is 0 Å². The molecule has 100 valence electrons. The summed E-state index contributed by atoms with van der Waals surface area (Å²) in [5.41, 5.74) is 2.25. The monoisotopic (exact) mass is 273 g/mol. The molecule has 1 heterocycles. The molecule has 0 atom stereocenters. The Kier molecular flexibility index (Phi) is 4.74. The number of hydrogen-bond acceptors (Lipinski definition) is 2. The van der Waals surface area contributed by atoms with E-state index in [1.54, 1.807) is 0 Å². The summed E-state index contributed by atoms with van der Waals surface area (Å²) in [5, 5.41) is 1.98. The Morgan fingerprint density at radius 2 is 1.95 bits per heavy atom. The molecule has 2 nitrogen and oxygen atoms in total. The molecule has 0 spiro atoms. The standard InChI is InChI=1S/C16H19NOS/c1-3-10-17(12-14-7-5-4-6-8-14)16(18)15-13(2)9-11-19-15/h4-9,11H,3,10,12H2,1-2H3. The van der Waals surface area contributed by atoms with Gasteiger partial charge in [-0.2, -0.15) is 0 Å². The van der Waals surface area contributed by atoms with E-state index in [2.05, 4.69) is 19.1 Å². The fourth-order valence-electron chi connectivity index (χ4n) is 2.06. The SMILES string of the molecule is CCCN(Cc1ccccc1)C(=O)c1sccc1C. The summed E-state index contributed by atoms with van der Waals surface area (Å²) < 4.78 is 0. The van der Waals surface area contributed by atoms with E-state index in [-0.39, 0.29) is 5.91 Å². The van der Waals surface area contributed by atoms with Crippen molar-refractivity contribution in [2.45, 2.75) is 26.8 Å². The molecule has 0 radical (unpaired) electrons. The number of amides is 1. The van der Waals surface area contributed by atoms with Gasteiger partial charge in [0.2, 0.25) is 0 Å². The second kappa shape index (κ2) is 6.53. The van der Waals surface area contributed by atoms with Crippen LogP contribution in [0.2, 0.25) is 0 Å². The summed E-state index contributed by atoms with van der Waals surface area (Å²) in [6.45, 7) is 5.58. The molecule has 2 aromatic rings. The average molecular weight is 273 g/mol. The fourth-order valence-corrected chi connectivity index (χ4v) is 2.95. The topological polar surface area (TPSA) is 20.3 Å². The molecule has 1 aromatic heterocycles. The molecule has 0 saturated carbocycles. The van der Waals surface area contributed by atoms with Crippen LogP contribution >= 0.6 is 11.3 Å². The Labute approximate surface area is 118 Å². The molecule has 1 amide bonds. The number of hydrogen-bond donors (Lipinski definition) is 0. The summed E-state index contributed by atoms with van der Waals surface area (Å²) in [6.07, 6.45) is 0.975. The van der Waals surface area contributed by atoms with E-state index in [1.807, 2.05) is 41.5 Å². The van der Waals surface area contributed by atoms with Crippen LogP contribution in [0.4, 0.5) is 0 Å². The summed E-state index contributed by atoms with van der Waals surface area (Å²) in [4.78, 5) is 15.4. The number of thiophene rings is 1. The highest BCUT2D eigenvalue weighted by molar-refractivity contribution is 7.12. The first-order valence-electron chi connectivity index (χ1n) is 6.59. The maximum absolute atomic E-state index is 12.6. The third kappa shape index (κ3) is 3.44. The molecular formula is C16H19NOS. The number of nitrogens with zero attached hydrogens (tertiary/aromatic N) is 1. The van der Waals surface area contributed by atoms with E-state index >= 15 is 0 Å². The smallest absolute Gasteiger partial charge is 0.264 e. The lowest BCUT2D eigenvalue weighted by atomic mass is 10.2. The van der Waals surface area contributed by atoms with Crippen molar-refractivity contribution in [1.82, 2.24) is 4.90 Å². The van der Waals surface area contributed by atoms with Crippen molar-refractivity contribution in [3.05, 3.63) is 57.8 Å². The first-order valence-corrected chi connectivity index (χ1v) is 7.47. The Morgan fingerprint density at radius 1 is 1.21 bits per heavy atom. The second-order valence-corrected chi connectivity index (χ2v) is 5.56. The van der Waals surface area contributed by atoms with Crippen LogP contribution in [-0.4, -0.2) is 17.4 Å². The lowest BCUT2D eigenvalue weighted by Gasteiger charge is -2.22. The van der Waals surface area contributed by atoms with Crippen LogP contribution in [0.25, 0.3) is 0 Å². The third-order valence-electron chi connectivity index (χ3n) is 3.05. The zero-order valence-electron chi connectivity index (χ0n) is 11.4. The van der Waals surface area contributed by atoms with Gasteiger partial charge in [-0.25, -0.2) is 0 Å². The van der Waals surface area contributed by atoms with Crippen molar-refractivity contribution in [2.75, 3.05) is 6.54 Å². The van der Waals surface area contributed by atoms with Crippen LogP contribution in [0.5, 0.6) is 0 Å². The molecule has 0 bridgehead atoms. The van der Waals surface area contributed by atoms with Crippen molar-refractivity contribution >= 4 is 17.2 Å². The Morgan fingerprint density at radius 3 is 2.53 bits per heavy atom. The van der Waals surface area contributed by atoms with Crippen LogP contribution in [-0.2, 0) is 6.54 Å². The van der Waals surface area contributed by atoms with Gasteiger partial charge in [0.15, 0.2) is 0 Å². The highest BCUT2D eigenvalue weighted by atomic mass is 32.1. The first-order chi connectivity index (χ1) is 9.22. The van der Waals surface area contributed by atoms with Crippen LogP contribution < -0.4 is 0 Å². The van der Waals surface area contributed by atoms with Gasteiger partial charge in [-0.1, -0.05) is 37.3 Å². The van der Waals surface area contributed by atoms with Crippen LogP contribution in [0, 0.1) is 6.92 Å². The van der Waals surface area contributed by atoms with Gasteiger partial charge in [-0.05, 0) is 35.9 Å². The van der Waals surface area contributed by atoms with Gasteiger partial charge >= 0.3 is 0 Å². The minimum Gasteiger partial charge on any atom is -0.334 e. The molecular weight excluding hydrogens is 254 g/mol. The van der Waals surface area contributed by atoms with Crippen molar-refractivity contribution in [3.8, 4) is 0 Å². The highest BCUT2D eigenvalue weighted by Gasteiger charge is 2.18. The first kappa shape index (κ1) is 13.8. The molecule has 0 aliphatic carbocycles. The van der Waals surface area contributed by atoms with Crippen molar-refractivity contribution < 1.29 is 4.79 Å². The van der Waals surface area contributed by atoms with Gasteiger partial charge < -0.3 is 4.90 Å². The number of carbonyl (C=O) groups is 1. The van der Waals surface area contributed by atoms with E-state index in [1.165, 1.54) is 16.9 Å². The molecule has 3 heteroatoms. The van der Waals surface area contributed by atoms with Gasteiger partial charge in [-0.3, -0.25) is 4.79 Å². The van der Waals surface area contributed by atoms with E-state index in [4.69, 9.17) is 0 Å². The second-order valence-electron chi connectivity index (χ2n) is 4.65. The van der Waals surface area contributed by atoms with E-state index in [0.29, 0.717) is 6.54 Å². The molecule has 19 heavy (non-hydrogen) atoms. The zero-order chi connectivity index (χ0) is 13.7. The fraction of sp³-hybridized carbons (Fsp3) is 0.312. The summed E-state index contributed by atoms with van der Waals surface area (Å²) in [7, 11) is 0. The minimum absolute atomic E-state index is 0.151. The van der Waals surface area contributed by atoms with E-state index in [0.717, 1.165) is 23.4 Å². The quantitative estimate of drug-likeness (QED) is 0.803. The van der Waals surface area contributed by atoms with Gasteiger partial charge in [0.25, 0.3) is 5.91 Å². The van der Waals surface area contributed by atoms with Crippen LogP contribution in [0.15, 0.2) is 41.8 Å². The average Bonchev–Trinajstić information content (AvgIpc) is 2.85. The molecule has 0 saturated heterocycles. The molecule has 0 fully saturated rings. The number of aryl methyl sites for hydroxylation is 1.